The van der Waals surface area contributed by atoms with Crippen molar-refractivity contribution in [3.63, 3.8) is 0 Å². The summed E-state index contributed by atoms with van der Waals surface area (Å²) in [6.45, 7) is 5.32. The van der Waals surface area contributed by atoms with Crippen LogP contribution in [0.5, 0.6) is 0 Å². The second-order valence-corrected chi connectivity index (χ2v) is 11.9. The second kappa shape index (κ2) is 35.1. The lowest BCUT2D eigenvalue weighted by Crippen LogP contribution is -2.27. The number of carbonyl (C=O) groups is 1. The van der Waals surface area contributed by atoms with E-state index in [1.807, 2.05) is 0 Å². The highest BCUT2D eigenvalue weighted by Gasteiger charge is 2.13. The van der Waals surface area contributed by atoms with Gasteiger partial charge >= 0.3 is 5.97 Å². The van der Waals surface area contributed by atoms with Gasteiger partial charge in [-0.2, -0.15) is 0 Å². The number of aliphatic hydroxyl groups excluding tert-OH is 1. The molecule has 0 amide bonds. The average Bonchev–Trinajstić information content (AvgIpc) is 2.98. The van der Waals surface area contributed by atoms with Crippen molar-refractivity contribution >= 4 is 5.97 Å². The Bertz CT molecular complexity index is 571. The lowest BCUT2D eigenvalue weighted by atomic mass is 10.1. The van der Waals surface area contributed by atoms with Gasteiger partial charge in [-0.15, -0.1) is 0 Å². The first-order valence-corrected chi connectivity index (χ1v) is 17.9. The predicted octanol–water partition coefficient (Wildman–Crippen LogP) is 11.2. The predicted molar refractivity (Wildman–Crippen MR) is 177 cm³/mol. The Morgan fingerprint density at radius 2 is 1.02 bits per heavy atom. The van der Waals surface area contributed by atoms with Crippen molar-refractivity contribution in [1.29, 1.82) is 0 Å². The van der Waals surface area contributed by atoms with Crippen molar-refractivity contribution in [1.82, 2.24) is 0 Å². The highest BCUT2D eigenvalue weighted by Crippen LogP contribution is 2.13. The molecule has 41 heavy (non-hydrogen) atoms. The molecule has 1 unspecified atom stereocenters. The van der Waals surface area contributed by atoms with Crippen LogP contribution in [0, 0.1) is 0 Å². The third kappa shape index (κ3) is 33.2. The van der Waals surface area contributed by atoms with Crippen LogP contribution in [0.2, 0.25) is 0 Å². The first kappa shape index (κ1) is 39.9. The number of unbranched alkanes of at least 4 members (excludes halogenated alkanes) is 21. The molecule has 0 saturated carbocycles. The zero-order valence-electron chi connectivity index (χ0n) is 27.6. The van der Waals surface area contributed by atoms with Crippen LogP contribution in [-0.4, -0.2) is 37.0 Å². The molecule has 242 valence electrons. The molecule has 1 N–H and O–H groups in total. The van der Waals surface area contributed by atoms with Gasteiger partial charge in [0, 0.05) is 13.0 Å². The minimum absolute atomic E-state index is 0.170. The van der Waals surface area contributed by atoms with Gasteiger partial charge in [0.2, 0.25) is 0 Å². The monoisotopic (exact) mass is 579 g/mol. The number of ether oxygens (including phenoxy) is 2. The molecule has 0 aromatic rings. The van der Waals surface area contributed by atoms with E-state index in [2.05, 4.69) is 38.2 Å². The Morgan fingerprint density at radius 3 is 1.56 bits per heavy atom. The molecule has 1 atom stereocenters. The second-order valence-electron chi connectivity index (χ2n) is 11.9. The molecule has 0 aliphatic rings. The zero-order valence-corrected chi connectivity index (χ0v) is 27.6. The van der Waals surface area contributed by atoms with E-state index < -0.39 is 6.10 Å². The Balaban J connectivity index is 3.43. The molecule has 4 heteroatoms. The van der Waals surface area contributed by atoms with Gasteiger partial charge < -0.3 is 14.6 Å². The molecule has 0 aliphatic heterocycles. The molecule has 0 aromatic carbocycles. The van der Waals surface area contributed by atoms with E-state index in [9.17, 15) is 9.90 Å². The summed E-state index contributed by atoms with van der Waals surface area (Å²) < 4.78 is 11.1. The first-order chi connectivity index (χ1) is 20.2. The van der Waals surface area contributed by atoms with Gasteiger partial charge in [0.15, 0.2) is 0 Å². The average molecular weight is 579 g/mol. The summed E-state index contributed by atoms with van der Waals surface area (Å²) in [4.78, 5) is 12.1. The van der Waals surface area contributed by atoms with Gasteiger partial charge in [-0.3, -0.25) is 4.79 Å². The third-order valence-electron chi connectivity index (χ3n) is 7.78. The highest BCUT2D eigenvalue weighted by atomic mass is 16.6. The lowest BCUT2D eigenvalue weighted by molar-refractivity contribution is -0.154. The maximum Gasteiger partial charge on any atom is 0.306 e. The smallest absolute Gasteiger partial charge is 0.306 e. The Labute approximate surface area is 256 Å². The Morgan fingerprint density at radius 1 is 0.585 bits per heavy atom. The summed E-state index contributed by atoms with van der Waals surface area (Å²) in [6.07, 6.45) is 40.7. The maximum atomic E-state index is 12.1. The van der Waals surface area contributed by atoms with Gasteiger partial charge in [0.25, 0.3) is 0 Å². The molecule has 0 radical (unpaired) electrons. The molecule has 0 saturated heterocycles. The van der Waals surface area contributed by atoms with Gasteiger partial charge in [-0.25, -0.2) is 0 Å². The molecule has 0 bridgehead atoms. The number of allylic oxidation sites excluding steroid dienone is 4. The van der Waals surface area contributed by atoms with Crippen LogP contribution in [0.4, 0.5) is 0 Å². The fraction of sp³-hybridized carbons (Fsp3) is 0.865. The third-order valence-corrected chi connectivity index (χ3v) is 7.78. The number of carbonyl (C=O) groups excluding carboxylic acids is 1. The van der Waals surface area contributed by atoms with E-state index in [4.69, 9.17) is 9.47 Å². The minimum Gasteiger partial charge on any atom is -0.457 e. The summed E-state index contributed by atoms with van der Waals surface area (Å²) in [6, 6.07) is 0. The van der Waals surface area contributed by atoms with E-state index in [0.717, 1.165) is 25.7 Å². The van der Waals surface area contributed by atoms with Crippen LogP contribution >= 0.6 is 0 Å². The molecule has 0 aromatic heterocycles. The molecule has 0 fully saturated rings. The first-order valence-electron chi connectivity index (χ1n) is 17.9. The van der Waals surface area contributed by atoms with Crippen molar-refractivity contribution < 1.29 is 19.4 Å². The lowest BCUT2D eigenvalue weighted by Gasteiger charge is -2.16. The fourth-order valence-electron chi connectivity index (χ4n) is 5.06. The number of rotatable bonds is 33. The quantitative estimate of drug-likeness (QED) is 0.0478. The number of hydrogen-bond donors (Lipinski definition) is 1. The molecular weight excluding hydrogens is 508 g/mol. The SMILES string of the molecule is CCCCC/C=C\C/C=C\CCCCCCCCCCCC(=O)OC(CO)COCCCCCCCCCCCC. The van der Waals surface area contributed by atoms with Crippen LogP contribution in [0.1, 0.15) is 181 Å². The standard InChI is InChI=1S/C37H70O4/c1-3-5-7-9-11-13-15-16-17-18-19-20-21-22-23-24-26-28-30-32-37(39)41-36(34-38)35-40-33-31-29-27-25-14-12-10-8-6-4-2/h11,13,16-17,36,38H,3-10,12,14-15,18-35H2,1-2H3/b13-11-,17-16-. The minimum atomic E-state index is -0.529. The number of hydrogen-bond acceptors (Lipinski definition) is 4. The van der Waals surface area contributed by atoms with Crippen molar-refractivity contribution in [2.45, 2.75) is 187 Å². The maximum absolute atomic E-state index is 12.1. The topological polar surface area (TPSA) is 55.8 Å². The molecule has 0 aliphatic carbocycles. The van der Waals surface area contributed by atoms with Gasteiger partial charge in [-0.1, -0.05) is 154 Å². The molecular formula is C37H70O4. The van der Waals surface area contributed by atoms with E-state index in [1.165, 1.54) is 135 Å². The van der Waals surface area contributed by atoms with E-state index in [0.29, 0.717) is 19.6 Å². The molecule has 0 rings (SSSR count). The van der Waals surface area contributed by atoms with E-state index in [-0.39, 0.29) is 12.6 Å². The van der Waals surface area contributed by atoms with Crippen LogP contribution in [0.25, 0.3) is 0 Å². The van der Waals surface area contributed by atoms with E-state index in [1.54, 1.807) is 0 Å². The number of aliphatic hydroxyl groups is 1. The van der Waals surface area contributed by atoms with E-state index >= 15 is 0 Å². The fourth-order valence-corrected chi connectivity index (χ4v) is 5.06. The van der Waals surface area contributed by atoms with Crippen molar-refractivity contribution in [3.8, 4) is 0 Å². The van der Waals surface area contributed by atoms with Gasteiger partial charge in [-0.05, 0) is 44.9 Å². The van der Waals surface area contributed by atoms with Gasteiger partial charge in [0.05, 0.1) is 13.2 Å². The summed E-state index contributed by atoms with van der Waals surface area (Å²) in [5.41, 5.74) is 0. The van der Waals surface area contributed by atoms with Crippen molar-refractivity contribution in [3.05, 3.63) is 24.3 Å². The van der Waals surface area contributed by atoms with Crippen molar-refractivity contribution in [2.75, 3.05) is 19.8 Å². The largest absolute Gasteiger partial charge is 0.457 e. The van der Waals surface area contributed by atoms with Crippen molar-refractivity contribution in [2.24, 2.45) is 0 Å². The summed E-state index contributed by atoms with van der Waals surface area (Å²) in [5, 5.41) is 9.52. The zero-order chi connectivity index (χ0) is 29.9. The van der Waals surface area contributed by atoms with Gasteiger partial charge in [0.1, 0.15) is 6.10 Å². The van der Waals surface area contributed by atoms with Crippen LogP contribution in [0.15, 0.2) is 24.3 Å². The summed E-state index contributed by atoms with van der Waals surface area (Å²) in [5.74, 6) is -0.205. The summed E-state index contributed by atoms with van der Waals surface area (Å²) in [7, 11) is 0. The normalized spacial score (nSPS) is 12.6. The Kier molecular flexibility index (Phi) is 34.1. The number of esters is 1. The molecule has 0 heterocycles. The summed E-state index contributed by atoms with van der Waals surface area (Å²) >= 11 is 0. The van der Waals surface area contributed by atoms with Crippen LogP contribution in [0.3, 0.4) is 0 Å². The molecule has 0 spiro atoms. The highest BCUT2D eigenvalue weighted by molar-refractivity contribution is 5.69. The van der Waals surface area contributed by atoms with Crippen LogP contribution < -0.4 is 0 Å². The Hall–Kier alpha value is -1.13. The molecule has 4 nitrogen and oxygen atoms in total. The van der Waals surface area contributed by atoms with Crippen LogP contribution in [-0.2, 0) is 14.3 Å².